The second-order valence-corrected chi connectivity index (χ2v) is 7.30. The van der Waals surface area contributed by atoms with Crippen LogP contribution in [-0.2, 0) is 30.0 Å². The molecule has 0 fully saturated rings. The van der Waals surface area contributed by atoms with Gasteiger partial charge in [-0.3, -0.25) is 4.79 Å². The Morgan fingerprint density at radius 1 is 0.806 bits per heavy atom. The van der Waals surface area contributed by atoms with Crippen molar-refractivity contribution in [3.8, 4) is 0 Å². The van der Waals surface area contributed by atoms with Crippen LogP contribution in [0, 0.1) is 5.92 Å². The minimum absolute atomic E-state index is 0.0198. The van der Waals surface area contributed by atoms with Crippen LogP contribution in [0.4, 0.5) is 26.3 Å². The molecule has 4 nitrogen and oxygen atoms in total. The molecule has 0 bridgehead atoms. The maximum absolute atomic E-state index is 12.6. The summed E-state index contributed by atoms with van der Waals surface area (Å²) >= 11 is 0. The monoisotopic (exact) mass is 449 g/mol. The zero-order valence-electron chi connectivity index (χ0n) is 16.1. The van der Waals surface area contributed by atoms with Gasteiger partial charge in [0.1, 0.15) is 0 Å². The molecule has 0 heterocycles. The van der Waals surface area contributed by atoms with Crippen molar-refractivity contribution in [3.05, 3.63) is 70.8 Å². The molecule has 0 amide bonds. The van der Waals surface area contributed by atoms with Gasteiger partial charge < -0.3 is 15.9 Å². The van der Waals surface area contributed by atoms with Crippen LogP contribution in [0.1, 0.15) is 28.7 Å². The molecule has 10 heteroatoms. The Hall–Kier alpha value is -2.59. The fourth-order valence-electron chi connectivity index (χ4n) is 3.09. The fourth-order valence-corrected chi connectivity index (χ4v) is 3.09. The average molecular weight is 449 g/mol. The largest absolute Gasteiger partial charge is 0.481 e. The van der Waals surface area contributed by atoms with Gasteiger partial charge in [-0.2, -0.15) is 26.3 Å². The Kier molecular flexibility index (Phi) is 7.72. The highest BCUT2D eigenvalue weighted by Crippen LogP contribution is 2.30. The van der Waals surface area contributed by atoms with Gasteiger partial charge >= 0.3 is 18.3 Å². The number of hydrogen-bond donors (Lipinski definition) is 3. The van der Waals surface area contributed by atoms with Crippen molar-refractivity contribution >= 4 is 5.97 Å². The minimum Gasteiger partial charge on any atom is -0.481 e. The van der Waals surface area contributed by atoms with Crippen molar-refractivity contribution < 1.29 is 41.4 Å². The molecule has 0 aliphatic carbocycles. The topological polar surface area (TPSA) is 83.5 Å². The molecular formula is C21H21F6NO3. The summed E-state index contributed by atoms with van der Waals surface area (Å²) in [5.41, 5.74) is 5.00. The Labute approximate surface area is 174 Å². The summed E-state index contributed by atoms with van der Waals surface area (Å²) < 4.78 is 75.7. The molecule has 0 saturated heterocycles. The predicted octanol–water partition coefficient (Wildman–Crippen LogP) is 4.29. The molecule has 2 rings (SSSR count). The number of carbonyl (C=O) groups is 1. The van der Waals surface area contributed by atoms with Gasteiger partial charge in [-0.15, -0.1) is 0 Å². The third-order valence-corrected chi connectivity index (χ3v) is 4.89. The molecule has 2 aromatic carbocycles. The predicted molar refractivity (Wildman–Crippen MR) is 100 cm³/mol. The first-order valence-electron chi connectivity index (χ1n) is 9.26. The molecular weight excluding hydrogens is 428 g/mol. The Bertz CT molecular complexity index is 863. The van der Waals surface area contributed by atoms with Crippen LogP contribution in [0.2, 0.25) is 0 Å². The summed E-state index contributed by atoms with van der Waals surface area (Å²) in [5, 5.41) is 19.7. The number of rotatable bonds is 8. The van der Waals surface area contributed by atoms with Gasteiger partial charge in [-0.25, -0.2) is 0 Å². The zero-order valence-corrected chi connectivity index (χ0v) is 16.1. The molecule has 3 unspecified atom stereocenters. The van der Waals surface area contributed by atoms with Gasteiger partial charge in [0.05, 0.1) is 23.1 Å². The molecule has 170 valence electrons. The van der Waals surface area contributed by atoms with Crippen molar-refractivity contribution in [1.29, 1.82) is 0 Å². The van der Waals surface area contributed by atoms with Gasteiger partial charge in [-0.1, -0.05) is 24.3 Å². The van der Waals surface area contributed by atoms with E-state index in [1.807, 2.05) is 0 Å². The van der Waals surface area contributed by atoms with Crippen molar-refractivity contribution in [3.63, 3.8) is 0 Å². The third kappa shape index (κ3) is 7.25. The molecule has 0 aromatic heterocycles. The van der Waals surface area contributed by atoms with E-state index in [-0.39, 0.29) is 19.3 Å². The number of halogens is 6. The first-order chi connectivity index (χ1) is 14.3. The number of carboxylic acid groups (broad SMARTS) is 1. The smallest absolute Gasteiger partial charge is 0.416 e. The number of aliphatic carboxylic acids is 1. The summed E-state index contributed by atoms with van der Waals surface area (Å²) in [7, 11) is 0. The summed E-state index contributed by atoms with van der Waals surface area (Å²) in [6, 6.07) is 7.34. The number of nitrogens with two attached hydrogens (primary N) is 1. The van der Waals surface area contributed by atoms with Gasteiger partial charge in [0.2, 0.25) is 0 Å². The van der Waals surface area contributed by atoms with E-state index in [4.69, 9.17) is 5.73 Å². The highest BCUT2D eigenvalue weighted by molar-refractivity contribution is 5.70. The van der Waals surface area contributed by atoms with E-state index in [0.717, 1.165) is 24.3 Å². The first-order valence-corrected chi connectivity index (χ1v) is 9.26. The standard InChI is InChI=1S/C21H21F6NO3/c22-20(23,24)15-5-1-12(2-6-15)9-14(19(30)31)11-18(29)17(28)10-13-3-7-16(8-4-13)21(25,26)27/h1-8,14,17-18,29H,9-11,28H2,(H,30,31). The van der Waals surface area contributed by atoms with Crippen LogP contribution in [0.25, 0.3) is 0 Å². The van der Waals surface area contributed by atoms with Crippen LogP contribution in [0.15, 0.2) is 48.5 Å². The number of alkyl halides is 6. The van der Waals surface area contributed by atoms with E-state index in [1.54, 1.807) is 0 Å². The molecule has 2 aromatic rings. The molecule has 0 saturated carbocycles. The highest BCUT2D eigenvalue weighted by Gasteiger charge is 2.31. The second-order valence-electron chi connectivity index (χ2n) is 7.30. The van der Waals surface area contributed by atoms with Crippen LogP contribution in [-0.4, -0.2) is 28.3 Å². The molecule has 31 heavy (non-hydrogen) atoms. The van der Waals surface area contributed by atoms with E-state index in [2.05, 4.69) is 0 Å². The van der Waals surface area contributed by atoms with Crippen LogP contribution in [0.3, 0.4) is 0 Å². The first kappa shape index (κ1) is 24.7. The van der Waals surface area contributed by atoms with Crippen molar-refractivity contribution in [2.75, 3.05) is 0 Å². The summed E-state index contributed by atoms with van der Waals surface area (Å²) in [4.78, 5) is 11.5. The maximum Gasteiger partial charge on any atom is 0.416 e. The quantitative estimate of drug-likeness (QED) is 0.525. The Morgan fingerprint density at radius 2 is 1.19 bits per heavy atom. The average Bonchev–Trinajstić information content (AvgIpc) is 2.66. The van der Waals surface area contributed by atoms with Gasteiger partial charge in [0.25, 0.3) is 0 Å². The minimum atomic E-state index is -4.51. The van der Waals surface area contributed by atoms with Gasteiger partial charge in [-0.05, 0) is 54.7 Å². The van der Waals surface area contributed by atoms with Crippen molar-refractivity contribution in [2.24, 2.45) is 11.7 Å². The van der Waals surface area contributed by atoms with E-state index < -0.39 is 47.5 Å². The van der Waals surface area contributed by atoms with Crippen LogP contribution in [0.5, 0.6) is 0 Å². The number of benzene rings is 2. The third-order valence-electron chi connectivity index (χ3n) is 4.89. The molecule has 0 radical (unpaired) electrons. The van der Waals surface area contributed by atoms with E-state index in [0.29, 0.717) is 11.1 Å². The van der Waals surface area contributed by atoms with E-state index in [9.17, 15) is 41.4 Å². The maximum atomic E-state index is 12.6. The van der Waals surface area contributed by atoms with Crippen LogP contribution < -0.4 is 5.73 Å². The zero-order chi connectivity index (χ0) is 23.4. The lowest BCUT2D eigenvalue weighted by Crippen LogP contribution is -2.39. The number of aliphatic hydroxyl groups excluding tert-OH is 1. The number of aliphatic hydroxyl groups is 1. The summed E-state index contributed by atoms with van der Waals surface area (Å²) in [5.74, 6) is -2.36. The molecule has 4 N–H and O–H groups in total. The molecule has 3 atom stereocenters. The summed E-state index contributed by atoms with van der Waals surface area (Å²) in [6.45, 7) is 0. The Balaban J connectivity index is 1.99. The Morgan fingerprint density at radius 3 is 1.55 bits per heavy atom. The van der Waals surface area contributed by atoms with E-state index in [1.165, 1.54) is 24.3 Å². The lowest BCUT2D eigenvalue weighted by Gasteiger charge is -2.22. The number of carboxylic acids is 1. The molecule has 0 aliphatic rings. The fraction of sp³-hybridized carbons (Fsp3) is 0.381. The van der Waals surface area contributed by atoms with Gasteiger partial charge in [0.15, 0.2) is 0 Å². The van der Waals surface area contributed by atoms with Crippen molar-refractivity contribution in [1.82, 2.24) is 0 Å². The van der Waals surface area contributed by atoms with Crippen LogP contribution >= 0.6 is 0 Å². The molecule has 0 aliphatic heterocycles. The second kappa shape index (κ2) is 9.69. The normalized spacial score (nSPS) is 15.4. The van der Waals surface area contributed by atoms with E-state index >= 15 is 0 Å². The lowest BCUT2D eigenvalue weighted by atomic mass is 9.89. The number of hydrogen-bond acceptors (Lipinski definition) is 3. The summed E-state index contributed by atoms with van der Waals surface area (Å²) in [6.07, 6.45) is -10.6. The van der Waals surface area contributed by atoms with Gasteiger partial charge in [0, 0.05) is 6.04 Å². The highest BCUT2D eigenvalue weighted by atomic mass is 19.4. The molecule has 0 spiro atoms. The lowest BCUT2D eigenvalue weighted by molar-refractivity contribution is -0.143. The van der Waals surface area contributed by atoms with Crippen molar-refractivity contribution in [2.45, 2.75) is 43.8 Å². The SMILES string of the molecule is NC(Cc1ccc(C(F)(F)F)cc1)C(O)CC(Cc1ccc(C(F)(F)F)cc1)C(=O)O.